The standard InChI is InChI=1S/C7H12N4O/c1-5-6(8)7(9-2-3-12)11-4-10-5/h4,12H,2-3,8H2,1H3,(H,9,10,11). The molecule has 0 unspecified atom stereocenters. The number of rotatable bonds is 3. The topological polar surface area (TPSA) is 84.1 Å². The van der Waals surface area contributed by atoms with Gasteiger partial charge in [0.25, 0.3) is 0 Å². The zero-order valence-electron chi connectivity index (χ0n) is 6.91. The minimum Gasteiger partial charge on any atom is -0.395 e. The first-order valence-electron chi connectivity index (χ1n) is 3.67. The van der Waals surface area contributed by atoms with E-state index in [4.69, 9.17) is 10.8 Å². The van der Waals surface area contributed by atoms with Gasteiger partial charge < -0.3 is 16.2 Å². The molecule has 0 saturated heterocycles. The molecule has 0 spiro atoms. The molecule has 1 aromatic rings. The van der Waals surface area contributed by atoms with Crippen molar-refractivity contribution in [2.45, 2.75) is 6.92 Å². The number of nitrogens with one attached hydrogen (secondary N) is 1. The molecule has 0 fully saturated rings. The molecule has 1 heterocycles. The predicted octanol–water partition coefficient (Wildman–Crippen LogP) is -0.229. The van der Waals surface area contributed by atoms with Gasteiger partial charge in [0.2, 0.25) is 0 Å². The molecule has 0 aliphatic carbocycles. The number of hydrogen-bond acceptors (Lipinski definition) is 5. The minimum absolute atomic E-state index is 0.0580. The van der Waals surface area contributed by atoms with E-state index in [-0.39, 0.29) is 6.61 Å². The van der Waals surface area contributed by atoms with Gasteiger partial charge in [-0.2, -0.15) is 0 Å². The van der Waals surface area contributed by atoms with Gasteiger partial charge in [0.15, 0.2) is 5.82 Å². The molecule has 0 radical (unpaired) electrons. The van der Waals surface area contributed by atoms with Crippen LogP contribution in [0.15, 0.2) is 6.33 Å². The van der Waals surface area contributed by atoms with Crippen molar-refractivity contribution in [1.82, 2.24) is 9.97 Å². The maximum absolute atomic E-state index is 8.54. The number of aliphatic hydroxyl groups is 1. The van der Waals surface area contributed by atoms with Crippen molar-refractivity contribution in [3.63, 3.8) is 0 Å². The Labute approximate surface area is 70.6 Å². The maximum atomic E-state index is 8.54. The molecular weight excluding hydrogens is 156 g/mol. The molecule has 66 valence electrons. The normalized spacial score (nSPS) is 9.83. The molecule has 1 rings (SSSR count). The SMILES string of the molecule is Cc1ncnc(NCCO)c1N. The van der Waals surface area contributed by atoms with E-state index in [0.717, 1.165) is 5.69 Å². The number of nitrogens with zero attached hydrogens (tertiary/aromatic N) is 2. The van der Waals surface area contributed by atoms with Crippen LogP contribution in [0.5, 0.6) is 0 Å². The summed E-state index contributed by atoms with van der Waals surface area (Å²) in [6.45, 7) is 2.31. The van der Waals surface area contributed by atoms with Gasteiger partial charge >= 0.3 is 0 Å². The van der Waals surface area contributed by atoms with E-state index in [1.807, 2.05) is 0 Å². The monoisotopic (exact) mass is 168 g/mol. The van der Waals surface area contributed by atoms with E-state index >= 15 is 0 Å². The molecule has 0 saturated carbocycles. The van der Waals surface area contributed by atoms with Crippen molar-refractivity contribution >= 4 is 11.5 Å². The number of aliphatic hydroxyl groups excluding tert-OH is 1. The summed E-state index contributed by atoms with van der Waals surface area (Å²) >= 11 is 0. The molecule has 0 aliphatic heterocycles. The molecule has 0 aliphatic rings. The summed E-state index contributed by atoms with van der Waals surface area (Å²) in [5.41, 5.74) is 6.93. The van der Waals surface area contributed by atoms with Crippen molar-refractivity contribution in [2.75, 3.05) is 24.2 Å². The summed E-state index contributed by atoms with van der Waals surface area (Å²) in [6, 6.07) is 0. The zero-order valence-corrected chi connectivity index (χ0v) is 6.91. The fourth-order valence-corrected chi connectivity index (χ4v) is 0.799. The number of aromatic nitrogens is 2. The lowest BCUT2D eigenvalue weighted by molar-refractivity contribution is 0.311. The summed E-state index contributed by atoms with van der Waals surface area (Å²) in [7, 11) is 0. The molecule has 4 N–H and O–H groups in total. The van der Waals surface area contributed by atoms with Crippen molar-refractivity contribution in [3.05, 3.63) is 12.0 Å². The number of nitrogen functional groups attached to an aromatic ring is 1. The van der Waals surface area contributed by atoms with Gasteiger partial charge in [0.05, 0.1) is 18.0 Å². The summed E-state index contributed by atoms with van der Waals surface area (Å²) in [6.07, 6.45) is 1.44. The van der Waals surface area contributed by atoms with Crippen LogP contribution in [0, 0.1) is 6.92 Å². The van der Waals surface area contributed by atoms with E-state index in [0.29, 0.717) is 18.1 Å². The van der Waals surface area contributed by atoms with Gasteiger partial charge in [-0.1, -0.05) is 0 Å². The van der Waals surface area contributed by atoms with E-state index in [9.17, 15) is 0 Å². The molecule has 5 heteroatoms. The van der Waals surface area contributed by atoms with Crippen molar-refractivity contribution in [2.24, 2.45) is 0 Å². The first-order chi connectivity index (χ1) is 5.75. The van der Waals surface area contributed by atoms with Crippen molar-refractivity contribution in [3.8, 4) is 0 Å². The van der Waals surface area contributed by atoms with Gasteiger partial charge in [-0.25, -0.2) is 9.97 Å². The van der Waals surface area contributed by atoms with Crippen molar-refractivity contribution < 1.29 is 5.11 Å². The lowest BCUT2D eigenvalue weighted by Crippen LogP contribution is -2.10. The molecule has 0 aromatic carbocycles. The third-order valence-corrected chi connectivity index (χ3v) is 1.49. The largest absolute Gasteiger partial charge is 0.395 e. The zero-order chi connectivity index (χ0) is 8.97. The number of hydrogen-bond donors (Lipinski definition) is 3. The van der Waals surface area contributed by atoms with Gasteiger partial charge in [0.1, 0.15) is 6.33 Å². The molecule has 0 amide bonds. The quantitative estimate of drug-likeness (QED) is 0.580. The van der Waals surface area contributed by atoms with E-state index < -0.39 is 0 Å². The van der Waals surface area contributed by atoms with Gasteiger partial charge in [0, 0.05) is 6.54 Å². The Kier molecular flexibility index (Phi) is 2.82. The molecule has 5 nitrogen and oxygen atoms in total. The first-order valence-corrected chi connectivity index (χ1v) is 3.67. The molecule has 12 heavy (non-hydrogen) atoms. The van der Waals surface area contributed by atoms with Crippen LogP contribution in [0.1, 0.15) is 5.69 Å². The van der Waals surface area contributed by atoms with Crippen LogP contribution in [0.2, 0.25) is 0 Å². The van der Waals surface area contributed by atoms with Crippen LogP contribution in [0.4, 0.5) is 11.5 Å². The van der Waals surface area contributed by atoms with Gasteiger partial charge in [-0.15, -0.1) is 0 Å². The van der Waals surface area contributed by atoms with Crippen LogP contribution in [-0.4, -0.2) is 28.2 Å². The lowest BCUT2D eigenvalue weighted by atomic mass is 10.3. The molecule has 0 bridgehead atoms. The van der Waals surface area contributed by atoms with Crippen LogP contribution in [-0.2, 0) is 0 Å². The van der Waals surface area contributed by atoms with Crippen molar-refractivity contribution in [1.29, 1.82) is 0 Å². The highest BCUT2D eigenvalue weighted by Crippen LogP contribution is 2.15. The van der Waals surface area contributed by atoms with E-state index in [2.05, 4.69) is 15.3 Å². The highest BCUT2D eigenvalue weighted by atomic mass is 16.3. The Bertz CT molecular complexity index is 264. The van der Waals surface area contributed by atoms with Gasteiger partial charge in [-0.05, 0) is 6.92 Å². The predicted molar refractivity (Wildman–Crippen MR) is 46.8 cm³/mol. The molecule has 0 atom stereocenters. The van der Waals surface area contributed by atoms with Gasteiger partial charge in [-0.3, -0.25) is 0 Å². The number of aryl methyl sites for hydroxylation is 1. The fourth-order valence-electron chi connectivity index (χ4n) is 0.799. The van der Waals surface area contributed by atoms with Crippen LogP contribution < -0.4 is 11.1 Å². The average molecular weight is 168 g/mol. The number of nitrogens with two attached hydrogens (primary N) is 1. The Morgan fingerprint density at radius 1 is 1.58 bits per heavy atom. The third kappa shape index (κ3) is 1.82. The summed E-state index contributed by atoms with van der Waals surface area (Å²) in [5.74, 6) is 0.580. The van der Waals surface area contributed by atoms with Crippen LogP contribution in [0.3, 0.4) is 0 Å². The smallest absolute Gasteiger partial charge is 0.153 e. The van der Waals surface area contributed by atoms with Crippen LogP contribution in [0.25, 0.3) is 0 Å². The highest BCUT2D eigenvalue weighted by Gasteiger charge is 2.01. The maximum Gasteiger partial charge on any atom is 0.153 e. The fraction of sp³-hybridized carbons (Fsp3) is 0.429. The third-order valence-electron chi connectivity index (χ3n) is 1.49. The highest BCUT2D eigenvalue weighted by molar-refractivity contribution is 5.62. The second kappa shape index (κ2) is 3.87. The average Bonchev–Trinajstić information content (AvgIpc) is 2.08. The minimum atomic E-state index is 0.0580. The second-order valence-electron chi connectivity index (χ2n) is 2.37. The lowest BCUT2D eigenvalue weighted by Gasteiger charge is -2.06. The first kappa shape index (κ1) is 8.73. The molecule has 1 aromatic heterocycles. The second-order valence-corrected chi connectivity index (χ2v) is 2.37. The molecular formula is C7H12N4O. The summed E-state index contributed by atoms with van der Waals surface area (Å²) in [4.78, 5) is 7.83. The Morgan fingerprint density at radius 3 is 3.00 bits per heavy atom. The van der Waals surface area contributed by atoms with E-state index in [1.165, 1.54) is 6.33 Å². The number of anilines is 2. The van der Waals surface area contributed by atoms with Crippen LogP contribution >= 0.6 is 0 Å². The summed E-state index contributed by atoms with van der Waals surface area (Å²) < 4.78 is 0. The Balaban J connectivity index is 2.78. The van der Waals surface area contributed by atoms with E-state index in [1.54, 1.807) is 6.92 Å². The summed E-state index contributed by atoms with van der Waals surface area (Å²) in [5, 5.41) is 11.4. The Hall–Kier alpha value is -1.36. The Morgan fingerprint density at radius 2 is 2.33 bits per heavy atom.